The van der Waals surface area contributed by atoms with Gasteiger partial charge in [-0.1, -0.05) is 12.2 Å². The van der Waals surface area contributed by atoms with Gasteiger partial charge in [0, 0.05) is 6.38 Å². The summed E-state index contributed by atoms with van der Waals surface area (Å²) in [5, 5.41) is 0. The summed E-state index contributed by atoms with van der Waals surface area (Å²) in [6.45, 7) is 0. The fourth-order valence-electron chi connectivity index (χ4n) is 0. The summed E-state index contributed by atoms with van der Waals surface area (Å²) >= 11 is 8.47. The highest BCUT2D eigenvalue weighted by Crippen LogP contribution is 1.34. The Labute approximate surface area is 36.8 Å². The lowest BCUT2D eigenvalue weighted by Crippen LogP contribution is -0.852. The van der Waals surface area contributed by atoms with Crippen LogP contribution in [0.1, 0.15) is 0 Å². The van der Waals surface area contributed by atoms with Gasteiger partial charge in [-0.3, -0.25) is 0 Å². The number of thiocarbonyl (C=S) groups is 1. The minimum absolute atomic E-state index is 1.47. The van der Waals surface area contributed by atoms with E-state index >= 15 is 0 Å². The summed E-state index contributed by atoms with van der Waals surface area (Å²) in [6.07, 6.45) is 1.47. The van der Waals surface area contributed by atoms with Gasteiger partial charge in [0.15, 0.2) is 0 Å². The minimum atomic E-state index is 1.47. The second kappa shape index (κ2) is 133. The molecule has 0 saturated heterocycles. The van der Waals surface area contributed by atoms with Gasteiger partial charge in [-0.25, -0.2) is 0 Å². The van der Waals surface area contributed by atoms with Gasteiger partial charge in [0.1, 0.15) is 0 Å². The van der Waals surface area contributed by atoms with Crippen molar-refractivity contribution in [2.45, 2.75) is 0 Å². The lowest BCUT2D eigenvalue weighted by atomic mass is 12.0. The van der Waals surface area contributed by atoms with E-state index in [2.05, 4.69) is 29.7 Å². The molecular formula is C2H5ClS. The van der Waals surface area contributed by atoms with Gasteiger partial charge in [-0.05, 0) is 5.87 Å². The van der Waals surface area contributed by atoms with Gasteiger partial charge in [-0.15, -0.1) is 11.6 Å². The van der Waals surface area contributed by atoms with E-state index in [-0.39, 0.29) is 0 Å². The Bertz CT molecular complexity index is 6.00. The summed E-state index contributed by atoms with van der Waals surface area (Å²) in [6, 6.07) is 0. The van der Waals surface area contributed by atoms with E-state index in [0.29, 0.717) is 0 Å². The fraction of sp³-hybridized carbons (Fsp3) is 0.500. The second-order valence-corrected chi connectivity index (χ2v) is 0. The lowest BCUT2D eigenvalue weighted by molar-refractivity contribution is 2.46. The highest BCUT2D eigenvalue weighted by atomic mass is 35.5. The molecule has 0 aromatic heterocycles. The predicted octanol–water partition coefficient (Wildman–Crippen LogP) is 1.47. The first-order valence-corrected chi connectivity index (χ1v) is 2.00. The summed E-state index contributed by atoms with van der Waals surface area (Å²) in [4.78, 5) is 0. The predicted molar refractivity (Wildman–Crippen MR) is 26.5 cm³/mol. The van der Waals surface area contributed by atoms with Crippen molar-refractivity contribution in [3.8, 4) is 0 Å². The van der Waals surface area contributed by atoms with Gasteiger partial charge in [-0.2, -0.15) is 0 Å². The SMILES string of the molecule is C=S.CCl. The molecule has 0 aliphatic heterocycles. The normalized spacial score (nSPS) is 2.50. The Morgan fingerprint density at radius 3 is 1.50 bits per heavy atom. The van der Waals surface area contributed by atoms with Crippen LogP contribution in [0.3, 0.4) is 0 Å². The average molecular weight is 96.6 g/mol. The molecule has 0 saturated carbocycles. The summed E-state index contributed by atoms with van der Waals surface area (Å²) in [7, 11) is 0. The van der Waals surface area contributed by atoms with Crippen LogP contribution >= 0.6 is 23.8 Å². The Morgan fingerprint density at radius 1 is 1.50 bits per heavy atom. The topological polar surface area (TPSA) is 0 Å². The first kappa shape index (κ1) is 8.83. The largest absolute Gasteiger partial charge is 0.130 e. The molecule has 0 aliphatic rings. The number of rotatable bonds is 0. The maximum atomic E-state index is 4.64. The molecule has 4 heavy (non-hydrogen) atoms. The zero-order valence-corrected chi connectivity index (χ0v) is 4.07. The smallest absolute Gasteiger partial charge is 0.0108 e. The second-order valence-electron chi connectivity index (χ2n) is 0. The number of halogens is 1. The van der Waals surface area contributed by atoms with Crippen LogP contribution in [-0.2, 0) is 0 Å². The van der Waals surface area contributed by atoms with Crippen LogP contribution in [-0.4, -0.2) is 12.3 Å². The molecule has 0 atom stereocenters. The van der Waals surface area contributed by atoms with Crippen molar-refractivity contribution in [1.29, 1.82) is 0 Å². The standard InChI is InChI=1S/CH3Cl.CH2S/c2*1-2/h1H3;1H2. The van der Waals surface area contributed by atoms with Crippen LogP contribution in [0.25, 0.3) is 0 Å². The number of hydrogen-bond acceptors (Lipinski definition) is 1. The van der Waals surface area contributed by atoms with Crippen LogP contribution in [0.2, 0.25) is 0 Å². The maximum Gasteiger partial charge on any atom is 0.0108 e. The third-order valence-corrected chi connectivity index (χ3v) is 0. The molecular weight excluding hydrogens is 91.5 g/mol. The molecule has 0 rings (SSSR count). The van der Waals surface area contributed by atoms with E-state index < -0.39 is 0 Å². The summed E-state index contributed by atoms with van der Waals surface area (Å²) in [5.41, 5.74) is 0. The molecule has 0 unspecified atom stereocenters. The molecule has 0 N–H and O–H groups in total. The zero-order chi connectivity index (χ0) is 4.00. The molecule has 0 fully saturated rings. The van der Waals surface area contributed by atoms with Crippen molar-refractivity contribution in [1.82, 2.24) is 0 Å². The third kappa shape index (κ3) is 31.4. The molecule has 0 aromatic rings. The molecule has 26 valence electrons. The summed E-state index contributed by atoms with van der Waals surface area (Å²) < 4.78 is 0. The average Bonchev–Trinajstić information content (AvgIpc) is 1.50. The van der Waals surface area contributed by atoms with Gasteiger partial charge in [0.05, 0.1) is 0 Å². The van der Waals surface area contributed by atoms with Gasteiger partial charge >= 0.3 is 0 Å². The molecule has 0 spiro atoms. The van der Waals surface area contributed by atoms with E-state index in [0.717, 1.165) is 0 Å². The Morgan fingerprint density at radius 2 is 1.50 bits per heavy atom. The fourth-order valence-corrected chi connectivity index (χ4v) is 0. The third-order valence-electron chi connectivity index (χ3n) is 0. The van der Waals surface area contributed by atoms with Gasteiger partial charge in [0.2, 0.25) is 0 Å². The van der Waals surface area contributed by atoms with Crippen molar-refractivity contribution in [2.75, 3.05) is 6.38 Å². The van der Waals surface area contributed by atoms with Crippen molar-refractivity contribution in [2.24, 2.45) is 0 Å². The maximum absolute atomic E-state index is 4.64. The van der Waals surface area contributed by atoms with Crippen LogP contribution in [0.4, 0.5) is 0 Å². The van der Waals surface area contributed by atoms with Crippen molar-refractivity contribution < 1.29 is 0 Å². The Balaban J connectivity index is 0. The van der Waals surface area contributed by atoms with E-state index in [1.807, 2.05) is 0 Å². The van der Waals surface area contributed by atoms with E-state index in [4.69, 9.17) is 0 Å². The Kier molecular flexibility index (Phi) is 293. The van der Waals surface area contributed by atoms with E-state index in [1.165, 1.54) is 6.38 Å². The minimum Gasteiger partial charge on any atom is -0.130 e. The van der Waals surface area contributed by atoms with Gasteiger partial charge in [0.25, 0.3) is 0 Å². The number of alkyl halides is 1. The van der Waals surface area contributed by atoms with Gasteiger partial charge < -0.3 is 0 Å². The first-order chi connectivity index (χ1) is 2.00. The molecule has 0 radical (unpaired) electrons. The Hall–Kier alpha value is 0.380. The van der Waals surface area contributed by atoms with Crippen molar-refractivity contribution in [3.05, 3.63) is 0 Å². The lowest BCUT2D eigenvalue weighted by Gasteiger charge is -1.06. The quantitative estimate of drug-likeness (QED) is 0.325. The van der Waals surface area contributed by atoms with E-state index in [9.17, 15) is 0 Å². The molecule has 0 amide bonds. The van der Waals surface area contributed by atoms with Crippen LogP contribution in [0.5, 0.6) is 0 Å². The molecule has 0 nitrogen and oxygen atoms in total. The first-order valence-electron chi connectivity index (χ1n) is 0.667. The molecule has 2 heteroatoms. The highest BCUT2D eigenvalue weighted by Gasteiger charge is 0.943. The molecule has 0 aromatic carbocycles. The zero-order valence-electron chi connectivity index (χ0n) is 2.49. The monoisotopic (exact) mass is 96.0 g/mol. The molecule has 0 heterocycles. The summed E-state index contributed by atoms with van der Waals surface area (Å²) in [5.74, 6) is 2.83. The highest BCUT2D eigenvalue weighted by molar-refractivity contribution is 7.77. The molecule has 0 bridgehead atoms. The van der Waals surface area contributed by atoms with Crippen molar-refractivity contribution >= 4 is 29.7 Å². The van der Waals surface area contributed by atoms with Crippen LogP contribution < -0.4 is 0 Å². The van der Waals surface area contributed by atoms with Crippen molar-refractivity contribution in [3.63, 3.8) is 0 Å². The van der Waals surface area contributed by atoms with Crippen LogP contribution in [0.15, 0.2) is 0 Å². The number of hydrogen-bond donors (Lipinski definition) is 0. The molecule has 0 aliphatic carbocycles. The van der Waals surface area contributed by atoms with E-state index in [1.54, 1.807) is 0 Å². The van der Waals surface area contributed by atoms with Crippen LogP contribution in [0, 0.1) is 0 Å².